The fraction of sp³-hybridized carbons (Fsp3) is 0.296. The lowest BCUT2D eigenvalue weighted by molar-refractivity contribution is -0.118. The van der Waals surface area contributed by atoms with E-state index in [1.807, 2.05) is 82.3 Å². The lowest BCUT2D eigenvalue weighted by Crippen LogP contribution is -2.42. The van der Waals surface area contributed by atoms with Crippen LogP contribution in [0.5, 0.6) is 0 Å². The van der Waals surface area contributed by atoms with Gasteiger partial charge in [0.05, 0.1) is 11.4 Å². The molecule has 0 aromatic heterocycles. The van der Waals surface area contributed by atoms with Crippen molar-refractivity contribution in [2.75, 3.05) is 18.0 Å². The Morgan fingerprint density at radius 1 is 0.941 bits per heavy atom. The smallest absolute Gasteiger partial charge is 0.244 e. The molecule has 0 atom stereocenters. The highest BCUT2D eigenvalue weighted by atomic mass is 79.9. The van der Waals surface area contributed by atoms with E-state index in [1.165, 1.54) is 4.31 Å². The van der Waals surface area contributed by atoms with Crippen molar-refractivity contribution in [1.82, 2.24) is 4.31 Å². The number of benzene rings is 3. The summed E-state index contributed by atoms with van der Waals surface area (Å²) in [5, 5.41) is 0. The molecular formula is C27H29BrN2O3S. The molecule has 1 heterocycles. The average molecular weight is 542 g/mol. The Morgan fingerprint density at radius 3 is 2.24 bits per heavy atom. The van der Waals surface area contributed by atoms with Gasteiger partial charge in [-0.25, -0.2) is 8.42 Å². The van der Waals surface area contributed by atoms with Crippen molar-refractivity contribution in [1.29, 1.82) is 0 Å². The molecule has 34 heavy (non-hydrogen) atoms. The SMILES string of the molecule is Cc1ccc(CN(CC(=O)N2CCc3cc(Br)ccc32)S(=O)(=O)c2c(C)cc(C)cc2C)cc1. The third-order valence-corrected chi connectivity index (χ3v) is 8.82. The van der Waals surface area contributed by atoms with E-state index >= 15 is 0 Å². The highest BCUT2D eigenvalue weighted by Crippen LogP contribution is 2.32. The molecule has 0 fully saturated rings. The van der Waals surface area contributed by atoms with E-state index in [0.29, 0.717) is 17.7 Å². The number of fused-ring (bicyclic) bond motifs is 1. The average Bonchev–Trinajstić information content (AvgIpc) is 3.16. The van der Waals surface area contributed by atoms with Crippen LogP contribution in [0.2, 0.25) is 0 Å². The number of amides is 1. The zero-order valence-electron chi connectivity index (χ0n) is 19.9. The van der Waals surface area contributed by atoms with Crippen molar-refractivity contribution in [2.24, 2.45) is 0 Å². The third kappa shape index (κ3) is 4.97. The maximum atomic E-state index is 13.9. The number of rotatable bonds is 6. The molecule has 3 aromatic rings. The summed E-state index contributed by atoms with van der Waals surface area (Å²) in [6.07, 6.45) is 0.751. The minimum Gasteiger partial charge on any atom is -0.311 e. The fourth-order valence-corrected chi connectivity index (χ4v) is 6.89. The minimum absolute atomic E-state index is 0.127. The van der Waals surface area contributed by atoms with Crippen LogP contribution in [-0.4, -0.2) is 31.7 Å². The summed E-state index contributed by atoms with van der Waals surface area (Å²) < 4.78 is 30.2. The zero-order valence-corrected chi connectivity index (χ0v) is 22.3. The summed E-state index contributed by atoms with van der Waals surface area (Å²) in [5.41, 5.74) is 6.26. The number of carbonyl (C=O) groups is 1. The van der Waals surface area contributed by atoms with E-state index in [2.05, 4.69) is 15.9 Å². The van der Waals surface area contributed by atoms with Gasteiger partial charge in [0, 0.05) is 23.2 Å². The van der Waals surface area contributed by atoms with E-state index < -0.39 is 10.0 Å². The quantitative estimate of drug-likeness (QED) is 0.417. The van der Waals surface area contributed by atoms with Gasteiger partial charge in [-0.3, -0.25) is 4.79 Å². The van der Waals surface area contributed by atoms with Gasteiger partial charge in [0.2, 0.25) is 15.9 Å². The first-order chi connectivity index (χ1) is 16.1. The maximum Gasteiger partial charge on any atom is 0.244 e. The van der Waals surface area contributed by atoms with Gasteiger partial charge < -0.3 is 4.90 Å². The van der Waals surface area contributed by atoms with Gasteiger partial charge in [-0.05, 0) is 74.6 Å². The van der Waals surface area contributed by atoms with Gasteiger partial charge in [0.1, 0.15) is 0 Å². The van der Waals surface area contributed by atoms with Crippen LogP contribution >= 0.6 is 15.9 Å². The minimum atomic E-state index is -3.92. The molecule has 0 unspecified atom stereocenters. The first kappa shape index (κ1) is 24.6. The second-order valence-electron chi connectivity index (χ2n) is 9.05. The van der Waals surface area contributed by atoms with Crippen molar-refractivity contribution in [3.05, 3.63) is 92.5 Å². The molecule has 0 radical (unpaired) electrons. The topological polar surface area (TPSA) is 57.7 Å². The molecular weight excluding hydrogens is 512 g/mol. The Kier molecular flexibility index (Phi) is 6.99. The number of aryl methyl sites for hydroxylation is 4. The summed E-state index contributed by atoms with van der Waals surface area (Å²) in [5.74, 6) is -0.223. The number of halogens is 1. The Labute approximate surface area is 210 Å². The zero-order chi connectivity index (χ0) is 24.6. The highest BCUT2D eigenvalue weighted by Gasteiger charge is 2.33. The van der Waals surface area contributed by atoms with Gasteiger partial charge >= 0.3 is 0 Å². The molecule has 178 valence electrons. The first-order valence-electron chi connectivity index (χ1n) is 11.3. The maximum absolute atomic E-state index is 13.9. The molecule has 4 rings (SSSR count). The number of hydrogen-bond acceptors (Lipinski definition) is 3. The van der Waals surface area contributed by atoms with Crippen LogP contribution in [0.25, 0.3) is 0 Å². The lowest BCUT2D eigenvalue weighted by atomic mass is 10.1. The number of hydrogen-bond donors (Lipinski definition) is 0. The van der Waals surface area contributed by atoms with Crippen LogP contribution in [-0.2, 0) is 27.8 Å². The second-order valence-corrected chi connectivity index (χ2v) is 11.8. The standard InChI is InChI=1S/C27H29BrN2O3S/c1-18-5-7-22(8-6-18)16-29(34(32,33)27-20(3)13-19(2)14-21(27)4)17-26(31)30-12-11-23-15-24(28)9-10-25(23)30/h5-10,13-15H,11-12,16-17H2,1-4H3. The molecule has 5 nitrogen and oxygen atoms in total. The number of sulfonamides is 1. The Balaban J connectivity index is 1.70. The molecule has 0 aliphatic carbocycles. The van der Waals surface area contributed by atoms with Crippen LogP contribution in [0.3, 0.4) is 0 Å². The van der Waals surface area contributed by atoms with Gasteiger partial charge in [-0.1, -0.05) is 63.5 Å². The summed E-state index contributed by atoms with van der Waals surface area (Å²) in [7, 11) is -3.92. The van der Waals surface area contributed by atoms with Crippen LogP contribution in [0.15, 0.2) is 64.0 Å². The monoisotopic (exact) mass is 540 g/mol. The van der Waals surface area contributed by atoms with Gasteiger partial charge in [-0.15, -0.1) is 0 Å². The first-order valence-corrected chi connectivity index (χ1v) is 13.5. The van der Waals surface area contributed by atoms with Crippen molar-refractivity contribution in [3.8, 4) is 0 Å². The van der Waals surface area contributed by atoms with Crippen LogP contribution in [0.1, 0.15) is 33.4 Å². The normalized spacial score (nSPS) is 13.4. The highest BCUT2D eigenvalue weighted by molar-refractivity contribution is 9.10. The molecule has 0 spiro atoms. The summed E-state index contributed by atoms with van der Waals surface area (Å²) in [4.78, 5) is 15.4. The second kappa shape index (κ2) is 9.64. The molecule has 0 bridgehead atoms. The summed E-state index contributed by atoms with van der Waals surface area (Å²) in [6, 6.07) is 17.3. The molecule has 1 aliphatic heterocycles. The van der Waals surface area contributed by atoms with Crippen LogP contribution < -0.4 is 4.90 Å². The van der Waals surface area contributed by atoms with Crippen LogP contribution in [0.4, 0.5) is 5.69 Å². The lowest BCUT2D eigenvalue weighted by Gasteiger charge is -2.26. The molecule has 0 saturated carbocycles. The van der Waals surface area contributed by atoms with Crippen molar-refractivity contribution < 1.29 is 13.2 Å². The van der Waals surface area contributed by atoms with Crippen molar-refractivity contribution in [3.63, 3.8) is 0 Å². The Morgan fingerprint density at radius 2 is 1.59 bits per heavy atom. The van der Waals surface area contributed by atoms with Gasteiger partial charge in [0.25, 0.3) is 0 Å². The fourth-order valence-electron chi connectivity index (χ4n) is 4.69. The number of anilines is 1. The number of nitrogens with zero attached hydrogens (tertiary/aromatic N) is 2. The molecule has 0 N–H and O–H groups in total. The van der Waals surface area contributed by atoms with E-state index in [4.69, 9.17) is 0 Å². The predicted molar refractivity (Wildman–Crippen MR) is 140 cm³/mol. The Bertz CT molecular complexity index is 1330. The molecule has 3 aromatic carbocycles. The van der Waals surface area contributed by atoms with Crippen molar-refractivity contribution in [2.45, 2.75) is 45.6 Å². The van der Waals surface area contributed by atoms with Gasteiger partial charge in [0.15, 0.2) is 0 Å². The van der Waals surface area contributed by atoms with E-state index in [-0.39, 0.29) is 23.9 Å². The summed E-state index contributed by atoms with van der Waals surface area (Å²) in [6.45, 7) is 8.02. The molecule has 1 aliphatic rings. The Hall–Kier alpha value is -2.48. The predicted octanol–water partition coefficient (Wildman–Crippen LogP) is 5.46. The molecule has 7 heteroatoms. The van der Waals surface area contributed by atoms with Crippen molar-refractivity contribution >= 4 is 37.5 Å². The van der Waals surface area contributed by atoms with Gasteiger partial charge in [-0.2, -0.15) is 4.31 Å². The van der Waals surface area contributed by atoms with Crippen LogP contribution in [0, 0.1) is 27.7 Å². The van der Waals surface area contributed by atoms with E-state index in [0.717, 1.165) is 38.8 Å². The molecule has 0 saturated heterocycles. The summed E-state index contributed by atoms with van der Waals surface area (Å²) >= 11 is 3.48. The molecule has 1 amide bonds. The van der Waals surface area contributed by atoms with E-state index in [1.54, 1.807) is 4.90 Å². The number of carbonyl (C=O) groups excluding carboxylic acids is 1. The van der Waals surface area contributed by atoms with E-state index in [9.17, 15) is 13.2 Å². The largest absolute Gasteiger partial charge is 0.311 e. The third-order valence-electron chi connectivity index (χ3n) is 6.23.